The van der Waals surface area contributed by atoms with Crippen molar-refractivity contribution in [3.63, 3.8) is 0 Å². The van der Waals surface area contributed by atoms with Crippen molar-refractivity contribution < 1.29 is 14.6 Å². The highest BCUT2D eigenvalue weighted by Crippen LogP contribution is 2.21. The van der Waals surface area contributed by atoms with E-state index in [2.05, 4.69) is 26.5 Å². The molecule has 0 spiro atoms. The number of carboxylic acids is 1. The molecule has 0 amide bonds. The third-order valence-corrected chi connectivity index (χ3v) is 3.21. The molecule has 0 aromatic heterocycles. The number of hydrogen-bond donors (Lipinski definition) is 2. The van der Waals surface area contributed by atoms with Crippen molar-refractivity contribution in [2.75, 3.05) is 12.5 Å². The molecule has 2 rings (SSSR count). The van der Waals surface area contributed by atoms with Gasteiger partial charge in [0.2, 0.25) is 0 Å². The second-order valence-electron chi connectivity index (χ2n) is 4.14. The lowest BCUT2D eigenvalue weighted by atomic mass is 10.2. The molecule has 0 atom stereocenters. The molecule has 5 nitrogen and oxygen atoms in total. The van der Waals surface area contributed by atoms with Crippen molar-refractivity contribution in [3.05, 3.63) is 58.1 Å². The monoisotopic (exact) mass is 348 g/mol. The maximum Gasteiger partial charge on any atom is 0.335 e. The predicted octanol–water partition coefficient (Wildman–Crippen LogP) is 3.60. The molecule has 0 bridgehead atoms. The molecule has 2 aromatic carbocycles. The average Bonchev–Trinajstić information content (AvgIpc) is 2.48. The predicted molar refractivity (Wildman–Crippen MR) is 85.3 cm³/mol. The molecule has 21 heavy (non-hydrogen) atoms. The molecule has 0 saturated heterocycles. The third-order valence-electron chi connectivity index (χ3n) is 2.72. The van der Waals surface area contributed by atoms with Crippen LogP contribution in [-0.4, -0.2) is 24.4 Å². The molecular formula is C15H13BrN2O3. The van der Waals surface area contributed by atoms with Gasteiger partial charge in [-0.3, -0.25) is 5.43 Å². The second kappa shape index (κ2) is 6.90. The molecule has 2 N–H and O–H groups in total. The van der Waals surface area contributed by atoms with Crippen molar-refractivity contribution in [3.8, 4) is 5.75 Å². The van der Waals surface area contributed by atoms with E-state index in [1.165, 1.54) is 12.1 Å². The summed E-state index contributed by atoms with van der Waals surface area (Å²) in [5.74, 6) is -0.242. The van der Waals surface area contributed by atoms with Crippen molar-refractivity contribution in [2.24, 2.45) is 5.10 Å². The van der Waals surface area contributed by atoms with Crippen molar-refractivity contribution in [1.29, 1.82) is 0 Å². The number of halogens is 1. The smallest absolute Gasteiger partial charge is 0.335 e. The van der Waals surface area contributed by atoms with Crippen molar-refractivity contribution >= 4 is 33.8 Å². The highest BCUT2D eigenvalue weighted by Gasteiger charge is 2.02. The Balaban J connectivity index is 2.08. The van der Waals surface area contributed by atoms with Crippen LogP contribution in [0, 0.1) is 0 Å². The van der Waals surface area contributed by atoms with Gasteiger partial charge in [-0.25, -0.2) is 4.79 Å². The molecule has 0 saturated carbocycles. The van der Waals surface area contributed by atoms with E-state index in [0.29, 0.717) is 11.4 Å². The molecule has 0 aliphatic rings. The van der Waals surface area contributed by atoms with Gasteiger partial charge < -0.3 is 9.84 Å². The van der Waals surface area contributed by atoms with Gasteiger partial charge in [0.15, 0.2) is 0 Å². The summed E-state index contributed by atoms with van der Waals surface area (Å²) >= 11 is 3.39. The summed E-state index contributed by atoms with van der Waals surface area (Å²) in [7, 11) is 1.60. The molecule has 0 unspecified atom stereocenters. The molecule has 6 heteroatoms. The molecule has 2 aromatic rings. The number of methoxy groups -OCH3 is 1. The molecule has 0 aliphatic carbocycles. The molecule has 0 fully saturated rings. The number of ether oxygens (including phenoxy) is 1. The fourth-order valence-corrected chi connectivity index (χ4v) is 2.05. The molecule has 0 heterocycles. The number of hydrazone groups is 1. The first-order chi connectivity index (χ1) is 10.1. The fourth-order valence-electron chi connectivity index (χ4n) is 1.67. The number of carboxylic acid groups (broad SMARTS) is 1. The Bertz CT molecular complexity index is 669. The second-order valence-corrected chi connectivity index (χ2v) is 5.05. The van der Waals surface area contributed by atoms with E-state index >= 15 is 0 Å². The minimum absolute atomic E-state index is 0.234. The summed E-state index contributed by atoms with van der Waals surface area (Å²) in [5.41, 5.74) is 4.59. The number of benzene rings is 2. The van der Waals surface area contributed by atoms with E-state index < -0.39 is 5.97 Å². The van der Waals surface area contributed by atoms with Crippen LogP contribution in [0.3, 0.4) is 0 Å². The zero-order valence-corrected chi connectivity index (χ0v) is 12.8. The normalized spacial score (nSPS) is 10.6. The summed E-state index contributed by atoms with van der Waals surface area (Å²) in [4.78, 5) is 10.7. The third kappa shape index (κ3) is 4.06. The number of rotatable bonds is 5. The van der Waals surface area contributed by atoms with E-state index in [-0.39, 0.29) is 5.56 Å². The van der Waals surface area contributed by atoms with Crippen LogP contribution in [0.4, 0.5) is 5.69 Å². The van der Waals surface area contributed by atoms with Crippen LogP contribution in [0.2, 0.25) is 0 Å². The summed E-state index contributed by atoms with van der Waals surface area (Å²) in [6.07, 6.45) is 1.63. The van der Waals surface area contributed by atoms with Crippen LogP contribution >= 0.6 is 15.9 Å². The van der Waals surface area contributed by atoms with Crippen LogP contribution in [0.5, 0.6) is 5.75 Å². The molecule has 0 radical (unpaired) electrons. The number of aromatic carboxylic acids is 1. The maximum atomic E-state index is 10.7. The average molecular weight is 349 g/mol. The summed E-state index contributed by atoms with van der Waals surface area (Å²) in [6, 6.07) is 11.9. The highest BCUT2D eigenvalue weighted by atomic mass is 79.9. The Morgan fingerprint density at radius 3 is 2.62 bits per heavy atom. The van der Waals surface area contributed by atoms with Crippen molar-refractivity contribution in [1.82, 2.24) is 0 Å². The Kier molecular flexibility index (Phi) is 4.94. The molecular weight excluding hydrogens is 336 g/mol. The van der Waals surface area contributed by atoms with Gasteiger partial charge in [0.1, 0.15) is 5.75 Å². The largest absolute Gasteiger partial charge is 0.496 e. The molecule has 0 aliphatic heterocycles. The number of hydrogen-bond acceptors (Lipinski definition) is 4. The Morgan fingerprint density at radius 1 is 1.29 bits per heavy atom. The van der Waals surface area contributed by atoms with E-state index in [9.17, 15) is 4.79 Å². The zero-order valence-electron chi connectivity index (χ0n) is 11.2. The summed E-state index contributed by atoms with van der Waals surface area (Å²) < 4.78 is 6.17. The van der Waals surface area contributed by atoms with Gasteiger partial charge in [-0.15, -0.1) is 0 Å². The lowest BCUT2D eigenvalue weighted by molar-refractivity contribution is 0.0697. The van der Waals surface area contributed by atoms with Crippen LogP contribution in [-0.2, 0) is 0 Å². The minimum Gasteiger partial charge on any atom is -0.496 e. The Morgan fingerprint density at radius 2 is 2.00 bits per heavy atom. The van der Waals surface area contributed by atoms with Gasteiger partial charge >= 0.3 is 5.97 Å². The van der Waals surface area contributed by atoms with Crippen LogP contribution in [0.15, 0.2) is 52.0 Å². The minimum atomic E-state index is -0.955. The van der Waals surface area contributed by atoms with Gasteiger partial charge in [0.05, 0.1) is 24.6 Å². The van der Waals surface area contributed by atoms with E-state index in [4.69, 9.17) is 9.84 Å². The fraction of sp³-hybridized carbons (Fsp3) is 0.0667. The van der Waals surface area contributed by atoms with Crippen LogP contribution in [0.25, 0.3) is 0 Å². The first kappa shape index (κ1) is 15.1. The van der Waals surface area contributed by atoms with Gasteiger partial charge in [-0.05, 0) is 42.5 Å². The van der Waals surface area contributed by atoms with E-state index in [0.717, 1.165) is 10.0 Å². The molecule has 108 valence electrons. The number of nitrogens with zero attached hydrogens (tertiary/aromatic N) is 1. The SMILES string of the molecule is COc1ccc(Br)cc1/C=N\Nc1ccc(C(=O)O)cc1. The number of anilines is 1. The lowest BCUT2D eigenvalue weighted by Gasteiger charge is -2.05. The van der Waals surface area contributed by atoms with Gasteiger partial charge in [-0.2, -0.15) is 5.10 Å². The van der Waals surface area contributed by atoms with Gasteiger partial charge in [0, 0.05) is 10.0 Å². The quantitative estimate of drug-likeness (QED) is 0.639. The topological polar surface area (TPSA) is 70.9 Å². The lowest BCUT2D eigenvalue weighted by Crippen LogP contribution is -1.97. The first-order valence-electron chi connectivity index (χ1n) is 6.06. The summed E-state index contributed by atoms with van der Waals surface area (Å²) in [5, 5.41) is 12.9. The van der Waals surface area contributed by atoms with E-state index in [1.54, 1.807) is 25.5 Å². The highest BCUT2D eigenvalue weighted by molar-refractivity contribution is 9.10. The maximum absolute atomic E-state index is 10.7. The first-order valence-corrected chi connectivity index (χ1v) is 6.85. The standard InChI is InChI=1S/C15H13BrN2O3/c1-21-14-7-4-12(16)8-11(14)9-17-18-13-5-2-10(3-6-13)15(19)20/h2-9,18H,1H3,(H,19,20)/b17-9-. The summed E-state index contributed by atoms with van der Waals surface area (Å²) in [6.45, 7) is 0. The van der Waals surface area contributed by atoms with Crippen molar-refractivity contribution in [2.45, 2.75) is 0 Å². The van der Waals surface area contributed by atoms with E-state index in [1.807, 2.05) is 18.2 Å². The van der Waals surface area contributed by atoms with Crippen LogP contribution in [0.1, 0.15) is 15.9 Å². The van der Waals surface area contributed by atoms with Gasteiger partial charge in [-0.1, -0.05) is 15.9 Å². The van der Waals surface area contributed by atoms with Crippen LogP contribution < -0.4 is 10.2 Å². The number of nitrogens with one attached hydrogen (secondary N) is 1. The zero-order chi connectivity index (χ0) is 15.2. The Hall–Kier alpha value is -2.34. The Labute approximate surface area is 130 Å². The van der Waals surface area contributed by atoms with Gasteiger partial charge in [0.25, 0.3) is 0 Å². The number of carbonyl (C=O) groups is 1.